The lowest BCUT2D eigenvalue weighted by atomic mass is 10.0. The molecule has 39 heavy (non-hydrogen) atoms. The number of phenolic OH excluding ortho intramolecular Hbond substituents is 1. The lowest BCUT2D eigenvalue weighted by molar-refractivity contribution is -0.132. The molecule has 5 rings (SSSR count). The summed E-state index contributed by atoms with van der Waals surface area (Å²) in [5.41, 5.74) is 5.51. The fourth-order valence-corrected chi connectivity index (χ4v) is 5.56. The molecular formula is C31H35ClN4O3. The standard InChI is InChI=1S/C31H35ClN4O3/c1-2-22-5-3-6-23(17-22)24-7-4-8-27(18-24)35-13-15-36(16-14-35)30(38)21-34-12-11-25(20-34)31(39)33-26-9-10-29(37)28(32)19-26/h3-10,17-19,25,37H,2,11-16,20-21H2,1H3,(H,33,39)/t25-/m1/s1. The number of aryl methyl sites for hydroxylation is 1. The van der Waals surface area contributed by atoms with Crippen LogP contribution in [0.4, 0.5) is 11.4 Å². The van der Waals surface area contributed by atoms with Crippen molar-refractivity contribution in [1.29, 1.82) is 0 Å². The van der Waals surface area contributed by atoms with Gasteiger partial charge in [0.2, 0.25) is 11.8 Å². The highest BCUT2D eigenvalue weighted by molar-refractivity contribution is 6.32. The molecule has 3 aromatic carbocycles. The van der Waals surface area contributed by atoms with Crippen LogP contribution in [0.2, 0.25) is 5.02 Å². The van der Waals surface area contributed by atoms with Crippen molar-refractivity contribution in [3.8, 4) is 16.9 Å². The Morgan fingerprint density at radius 1 is 0.949 bits per heavy atom. The molecule has 7 nitrogen and oxygen atoms in total. The van der Waals surface area contributed by atoms with Gasteiger partial charge in [-0.2, -0.15) is 0 Å². The van der Waals surface area contributed by atoms with Crippen LogP contribution in [-0.2, 0) is 16.0 Å². The maximum atomic E-state index is 13.1. The van der Waals surface area contributed by atoms with Crippen LogP contribution in [0.3, 0.4) is 0 Å². The molecule has 2 N–H and O–H groups in total. The Morgan fingerprint density at radius 2 is 1.69 bits per heavy atom. The van der Waals surface area contributed by atoms with E-state index in [9.17, 15) is 14.7 Å². The van der Waals surface area contributed by atoms with E-state index in [0.717, 1.165) is 19.5 Å². The van der Waals surface area contributed by atoms with Crippen molar-refractivity contribution in [1.82, 2.24) is 9.80 Å². The van der Waals surface area contributed by atoms with E-state index in [1.165, 1.54) is 34.5 Å². The predicted molar refractivity (Wildman–Crippen MR) is 156 cm³/mol. The lowest BCUT2D eigenvalue weighted by Crippen LogP contribution is -2.51. The Kier molecular flexibility index (Phi) is 8.38. The topological polar surface area (TPSA) is 76.1 Å². The number of anilines is 2. The van der Waals surface area contributed by atoms with Crippen molar-refractivity contribution < 1.29 is 14.7 Å². The van der Waals surface area contributed by atoms with Crippen molar-refractivity contribution in [3.05, 3.63) is 77.3 Å². The van der Waals surface area contributed by atoms with E-state index >= 15 is 0 Å². The monoisotopic (exact) mass is 546 g/mol. The highest BCUT2D eigenvalue weighted by Gasteiger charge is 2.31. The van der Waals surface area contributed by atoms with Crippen LogP contribution in [0.25, 0.3) is 11.1 Å². The summed E-state index contributed by atoms with van der Waals surface area (Å²) in [6.07, 6.45) is 1.72. The molecule has 0 unspecified atom stereocenters. The van der Waals surface area contributed by atoms with Crippen LogP contribution >= 0.6 is 11.6 Å². The molecule has 2 heterocycles. The van der Waals surface area contributed by atoms with Gasteiger partial charge in [-0.15, -0.1) is 0 Å². The van der Waals surface area contributed by atoms with E-state index < -0.39 is 0 Å². The SMILES string of the molecule is CCc1cccc(-c2cccc(N3CCN(C(=O)CN4CC[C@@H](C(=O)Nc5ccc(O)c(Cl)c5)C4)CC3)c2)c1. The molecule has 0 radical (unpaired) electrons. The quantitative estimate of drug-likeness (QED) is 0.413. The molecule has 0 spiro atoms. The molecule has 204 valence electrons. The highest BCUT2D eigenvalue weighted by atomic mass is 35.5. The van der Waals surface area contributed by atoms with Gasteiger partial charge in [0, 0.05) is 44.1 Å². The number of benzene rings is 3. The fraction of sp³-hybridized carbons (Fsp3) is 0.355. The molecule has 0 aliphatic carbocycles. The van der Waals surface area contributed by atoms with Gasteiger partial charge in [0.1, 0.15) is 5.75 Å². The van der Waals surface area contributed by atoms with Gasteiger partial charge in [-0.3, -0.25) is 14.5 Å². The first-order valence-corrected chi connectivity index (χ1v) is 14.0. The van der Waals surface area contributed by atoms with Crippen molar-refractivity contribution in [2.75, 3.05) is 56.0 Å². The molecule has 1 atom stereocenters. The molecule has 0 bridgehead atoms. The third-order valence-electron chi connectivity index (χ3n) is 7.73. The van der Waals surface area contributed by atoms with Crippen molar-refractivity contribution in [2.45, 2.75) is 19.8 Å². The summed E-state index contributed by atoms with van der Waals surface area (Å²) in [6, 6.07) is 22.0. The third kappa shape index (κ3) is 6.54. The van der Waals surface area contributed by atoms with Gasteiger partial charge < -0.3 is 20.2 Å². The van der Waals surface area contributed by atoms with Crippen molar-refractivity contribution >= 4 is 34.8 Å². The van der Waals surface area contributed by atoms with E-state index in [4.69, 9.17) is 11.6 Å². The largest absolute Gasteiger partial charge is 0.506 e. The first-order chi connectivity index (χ1) is 18.9. The summed E-state index contributed by atoms with van der Waals surface area (Å²) in [5.74, 6) is -0.185. The number of hydrogen-bond acceptors (Lipinski definition) is 5. The molecule has 2 amide bonds. The zero-order valence-corrected chi connectivity index (χ0v) is 23.0. The van der Waals surface area contributed by atoms with Crippen LogP contribution in [-0.4, -0.2) is 72.5 Å². The van der Waals surface area contributed by atoms with E-state index in [1.807, 2.05) is 4.90 Å². The Bertz CT molecular complexity index is 1340. The number of carbonyl (C=O) groups excluding carboxylic acids is 2. The third-order valence-corrected chi connectivity index (χ3v) is 8.03. The maximum absolute atomic E-state index is 13.1. The first-order valence-electron chi connectivity index (χ1n) is 13.6. The summed E-state index contributed by atoms with van der Waals surface area (Å²) in [7, 11) is 0. The number of nitrogens with zero attached hydrogens (tertiary/aromatic N) is 3. The van der Waals surface area contributed by atoms with Crippen LogP contribution in [0, 0.1) is 5.92 Å². The average Bonchev–Trinajstić information content (AvgIpc) is 3.44. The van der Waals surface area contributed by atoms with Crippen LogP contribution in [0.1, 0.15) is 18.9 Å². The molecule has 8 heteroatoms. The van der Waals surface area contributed by atoms with Gasteiger partial charge in [-0.1, -0.05) is 54.9 Å². The molecule has 2 fully saturated rings. The average molecular weight is 547 g/mol. The molecule has 3 aromatic rings. The minimum atomic E-state index is -0.187. The van der Waals surface area contributed by atoms with Gasteiger partial charge in [0.05, 0.1) is 17.5 Å². The van der Waals surface area contributed by atoms with Gasteiger partial charge in [0.15, 0.2) is 0 Å². The van der Waals surface area contributed by atoms with E-state index in [1.54, 1.807) is 6.07 Å². The Balaban J connectivity index is 1.10. The van der Waals surface area contributed by atoms with E-state index in [-0.39, 0.29) is 28.5 Å². The fourth-order valence-electron chi connectivity index (χ4n) is 5.38. The number of halogens is 1. The second-order valence-electron chi connectivity index (χ2n) is 10.3. The number of aromatic hydroxyl groups is 1. The molecular weight excluding hydrogens is 512 g/mol. The molecule has 0 saturated carbocycles. The molecule has 2 aliphatic heterocycles. The number of rotatable bonds is 7. The first kappa shape index (κ1) is 27.0. The Hall–Kier alpha value is -3.55. The zero-order chi connectivity index (χ0) is 27.4. The number of nitrogens with one attached hydrogen (secondary N) is 1. The number of hydrogen-bond donors (Lipinski definition) is 2. The summed E-state index contributed by atoms with van der Waals surface area (Å²) in [4.78, 5) is 32.1. The molecule has 2 saturated heterocycles. The van der Waals surface area contributed by atoms with Crippen LogP contribution < -0.4 is 10.2 Å². The van der Waals surface area contributed by atoms with Gasteiger partial charge >= 0.3 is 0 Å². The number of amides is 2. The van der Waals surface area contributed by atoms with E-state index in [2.05, 4.69) is 70.6 Å². The Morgan fingerprint density at radius 3 is 2.44 bits per heavy atom. The summed E-state index contributed by atoms with van der Waals surface area (Å²) < 4.78 is 0. The normalized spacial score (nSPS) is 17.8. The second kappa shape index (κ2) is 12.1. The predicted octanol–water partition coefficient (Wildman–Crippen LogP) is 4.88. The lowest BCUT2D eigenvalue weighted by Gasteiger charge is -2.37. The number of likely N-dealkylation sites (tertiary alicyclic amines) is 1. The highest BCUT2D eigenvalue weighted by Crippen LogP contribution is 2.28. The summed E-state index contributed by atoms with van der Waals surface area (Å²) in [5, 5.41) is 12.6. The molecule has 2 aliphatic rings. The summed E-state index contributed by atoms with van der Waals surface area (Å²) >= 11 is 5.94. The number of carbonyl (C=O) groups is 2. The van der Waals surface area contributed by atoms with Crippen molar-refractivity contribution in [2.24, 2.45) is 5.92 Å². The molecule has 0 aromatic heterocycles. The van der Waals surface area contributed by atoms with E-state index in [0.29, 0.717) is 44.8 Å². The van der Waals surface area contributed by atoms with Gasteiger partial charge in [-0.25, -0.2) is 0 Å². The number of piperazine rings is 1. The number of phenols is 1. The zero-order valence-electron chi connectivity index (χ0n) is 22.3. The second-order valence-corrected chi connectivity index (χ2v) is 10.8. The van der Waals surface area contributed by atoms with Crippen LogP contribution in [0.15, 0.2) is 66.7 Å². The Labute approximate surface area is 235 Å². The summed E-state index contributed by atoms with van der Waals surface area (Å²) in [6.45, 7) is 6.74. The minimum Gasteiger partial charge on any atom is -0.506 e. The maximum Gasteiger partial charge on any atom is 0.236 e. The van der Waals surface area contributed by atoms with Gasteiger partial charge in [-0.05, 0) is 66.4 Å². The minimum absolute atomic E-state index is 0.0211. The van der Waals surface area contributed by atoms with Crippen LogP contribution in [0.5, 0.6) is 5.75 Å². The smallest absolute Gasteiger partial charge is 0.236 e. The van der Waals surface area contributed by atoms with Crippen molar-refractivity contribution in [3.63, 3.8) is 0 Å². The van der Waals surface area contributed by atoms with Gasteiger partial charge in [0.25, 0.3) is 0 Å².